The first kappa shape index (κ1) is 22.9. The van der Waals surface area contributed by atoms with E-state index >= 15 is 0 Å². The van der Waals surface area contributed by atoms with E-state index < -0.39 is 27.7 Å². The normalized spacial score (nSPS) is 13.6. The Bertz CT molecular complexity index is 1370. The fourth-order valence-corrected chi connectivity index (χ4v) is 5.80. The number of hydrazine groups is 1. The van der Waals surface area contributed by atoms with E-state index in [2.05, 4.69) is 5.43 Å². The largest absolute Gasteiger partial charge is 0.280 e. The lowest BCUT2D eigenvalue weighted by Crippen LogP contribution is -2.51. The number of sulfonamides is 1. The molecule has 0 saturated carbocycles. The van der Waals surface area contributed by atoms with Crippen molar-refractivity contribution in [1.29, 1.82) is 0 Å². The van der Waals surface area contributed by atoms with E-state index in [1.165, 1.54) is 16.4 Å². The minimum absolute atomic E-state index is 0.0378. The minimum atomic E-state index is -3.94. The molecule has 170 valence electrons. The highest BCUT2D eigenvalue weighted by Crippen LogP contribution is 2.30. The smallest absolute Gasteiger partial charge is 0.267 e. The van der Waals surface area contributed by atoms with Gasteiger partial charge in [-0.05, 0) is 35.7 Å². The molecule has 33 heavy (non-hydrogen) atoms. The van der Waals surface area contributed by atoms with Gasteiger partial charge in [-0.1, -0.05) is 49.7 Å². The van der Waals surface area contributed by atoms with Gasteiger partial charge in [0.05, 0.1) is 16.1 Å². The lowest BCUT2D eigenvalue weighted by molar-refractivity contribution is 0.0479. The van der Waals surface area contributed by atoms with Crippen LogP contribution in [0.2, 0.25) is 5.02 Å². The molecular weight excluding hydrogens is 466 g/mol. The molecule has 1 N–H and O–H groups in total. The number of carbonyl (C=O) groups excluding carboxylic acids is 3. The van der Waals surface area contributed by atoms with Gasteiger partial charge in [0, 0.05) is 24.0 Å². The third-order valence-corrected chi connectivity index (χ3v) is 8.03. The molecule has 0 fully saturated rings. The molecule has 0 bridgehead atoms. The second-order valence-electron chi connectivity index (χ2n) is 7.33. The summed E-state index contributed by atoms with van der Waals surface area (Å²) >= 11 is 6.13. The molecule has 0 saturated heterocycles. The van der Waals surface area contributed by atoms with Crippen molar-refractivity contribution in [3.8, 4) is 0 Å². The lowest BCUT2D eigenvalue weighted by atomic mass is 9.95. The van der Waals surface area contributed by atoms with Gasteiger partial charge in [-0.2, -0.15) is 9.31 Å². The van der Waals surface area contributed by atoms with Crippen LogP contribution in [0.15, 0.2) is 59.5 Å². The summed E-state index contributed by atoms with van der Waals surface area (Å²) in [6, 6.07) is 13.9. The lowest BCUT2D eigenvalue weighted by Gasteiger charge is -2.27. The Morgan fingerprint density at radius 3 is 2.09 bits per heavy atom. The maximum Gasteiger partial charge on any atom is 0.280 e. The molecule has 4 rings (SSSR count). The van der Waals surface area contributed by atoms with Crippen molar-refractivity contribution < 1.29 is 22.8 Å². The Hall–Kier alpha value is -3.27. The molecule has 3 aromatic rings. The van der Waals surface area contributed by atoms with Crippen molar-refractivity contribution >= 4 is 50.1 Å². The maximum absolute atomic E-state index is 13.0. The maximum atomic E-state index is 13.0. The number of hydrogen-bond acceptors (Lipinski definition) is 5. The third-order valence-electron chi connectivity index (χ3n) is 5.50. The molecule has 0 unspecified atom stereocenters. The Kier molecular flexibility index (Phi) is 5.96. The number of imide groups is 1. The highest BCUT2D eigenvalue weighted by atomic mass is 35.5. The van der Waals surface area contributed by atoms with E-state index in [1.807, 2.05) is 0 Å². The number of rotatable bonds is 6. The summed E-state index contributed by atoms with van der Waals surface area (Å²) in [7, 11) is -3.94. The van der Waals surface area contributed by atoms with E-state index in [1.54, 1.807) is 50.2 Å². The number of nitrogens with zero attached hydrogens (tertiary/aromatic N) is 2. The summed E-state index contributed by atoms with van der Waals surface area (Å²) in [5.74, 6) is -2.18. The van der Waals surface area contributed by atoms with E-state index in [-0.39, 0.29) is 39.7 Å². The van der Waals surface area contributed by atoms with Crippen LogP contribution in [0.25, 0.3) is 10.8 Å². The molecule has 1 aliphatic rings. The van der Waals surface area contributed by atoms with E-state index in [4.69, 9.17) is 11.6 Å². The molecule has 0 radical (unpaired) electrons. The van der Waals surface area contributed by atoms with E-state index in [0.717, 1.165) is 11.5 Å². The summed E-state index contributed by atoms with van der Waals surface area (Å²) in [5.41, 5.74) is 2.81. The third kappa shape index (κ3) is 3.78. The Labute approximate surface area is 195 Å². The van der Waals surface area contributed by atoms with E-state index in [9.17, 15) is 22.8 Å². The van der Waals surface area contributed by atoms with Gasteiger partial charge >= 0.3 is 0 Å². The Balaban J connectivity index is 1.68. The van der Waals surface area contributed by atoms with Crippen LogP contribution >= 0.6 is 11.6 Å². The quantitative estimate of drug-likeness (QED) is 0.538. The topological polar surface area (TPSA) is 104 Å². The molecule has 10 heteroatoms. The van der Waals surface area contributed by atoms with Gasteiger partial charge in [0.1, 0.15) is 4.90 Å². The first-order chi connectivity index (χ1) is 15.7. The number of halogens is 1. The van der Waals surface area contributed by atoms with Gasteiger partial charge in [0.25, 0.3) is 17.7 Å². The molecule has 0 spiro atoms. The highest BCUT2D eigenvalue weighted by Gasteiger charge is 2.34. The summed E-state index contributed by atoms with van der Waals surface area (Å²) in [6.07, 6.45) is 0. The van der Waals surface area contributed by atoms with Crippen LogP contribution in [0.4, 0.5) is 0 Å². The first-order valence-corrected chi connectivity index (χ1v) is 12.0. The zero-order valence-electron chi connectivity index (χ0n) is 17.8. The summed E-state index contributed by atoms with van der Waals surface area (Å²) < 4.78 is 27.1. The SMILES string of the molecule is CCN(CC)S(=O)(=O)c1cc(C(=O)NN2C(=O)c3cccc4cccc(c34)C2=O)ccc1Cl. The van der Waals surface area contributed by atoms with Gasteiger partial charge < -0.3 is 0 Å². The number of amides is 3. The van der Waals surface area contributed by atoms with Gasteiger partial charge in [-0.3, -0.25) is 19.8 Å². The van der Waals surface area contributed by atoms with Crippen LogP contribution in [0.1, 0.15) is 44.9 Å². The van der Waals surface area contributed by atoms with Gasteiger partial charge in [0.15, 0.2) is 0 Å². The van der Waals surface area contributed by atoms with Crippen molar-refractivity contribution in [3.63, 3.8) is 0 Å². The number of nitrogens with one attached hydrogen (secondary N) is 1. The minimum Gasteiger partial charge on any atom is -0.267 e. The first-order valence-electron chi connectivity index (χ1n) is 10.2. The zero-order valence-corrected chi connectivity index (χ0v) is 19.4. The fraction of sp³-hybridized carbons (Fsp3) is 0.174. The van der Waals surface area contributed by atoms with Crippen molar-refractivity contribution in [2.75, 3.05) is 13.1 Å². The second kappa shape index (κ2) is 8.58. The molecule has 0 aliphatic carbocycles. The Morgan fingerprint density at radius 1 is 0.970 bits per heavy atom. The standard InChI is InChI=1S/C23H20ClN3O5S/c1-3-26(4-2)33(31,32)19-13-15(11-12-18(19)24)21(28)25-27-22(29)16-9-5-7-14-8-6-10-17(20(14)16)23(27)30/h5-13H,3-4H2,1-2H3,(H,25,28). The Morgan fingerprint density at radius 2 is 1.55 bits per heavy atom. The van der Waals surface area contributed by atoms with Crippen LogP contribution in [0.3, 0.4) is 0 Å². The average Bonchev–Trinajstić information content (AvgIpc) is 2.80. The van der Waals surface area contributed by atoms with Crippen LogP contribution in [0, 0.1) is 0 Å². The monoisotopic (exact) mass is 485 g/mol. The summed E-state index contributed by atoms with van der Waals surface area (Å²) in [6.45, 7) is 3.84. The van der Waals surface area contributed by atoms with Crippen LogP contribution in [0.5, 0.6) is 0 Å². The van der Waals surface area contributed by atoms with Gasteiger partial charge in [0.2, 0.25) is 10.0 Å². The molecule has 8 nitrogen and oxygen atoms in total. The number of hydrogen-bond donors (Lipinski definition) is 1. The molecule has 3 amide bonds. The molecule has 1 heterocycles. The predicted molar refractivity (Wildman–Crippen MR) is 123 cm³/mol. The van der Waals surface area contributed by atoms with Crippen molar-refractivity contribution in [2.45, 2.75) is 18.7 Å². The average molecular weight is 486 g/mol. The zero-order chi connectivity index (χ0) is 23.9. The van der Waals surface area contributed by atoms with Crippen LogP contribution in [-0.2, 0) is 10.0 Å². The van der Waals surface area contributed by atoms with Crippen molar-refractivity contribution in [1.82, 2.24) is 14.7 Å². The molecule has 0 atom stereocenters. The van der Waals surface area contributed by atoms with Crippen molar-refractivity contribution in [3.05, 3.63) is 76.3 Å². The molecule has 0 aromatic heterocycles. The summed E-state index contributed by atoms with van der Waals surface area (Å²) in [4.78, 5) is 38.7. The van der Waals surface area contributed by atoms with Gasteiger partial charge in [-0.25, -0.2) is 8.42 Å². The fourth-order valence-electron chi connectivity index (χ4n) is 3.84. The summed E-state index contributed by atoms with van der Waals surface area (Å²) in [5, 5.41) is 1.87. The van der Waals surface area contributed by atoms with Crippen LogP contribution in [-0.4, -0.2) is 48.5 Å². The van der Waals surface area contributed by atoms with E-state index in [0.29, 0.717) is 10.4 Å². The van der Waals surface area contributed by atoms with Crippen molar-refractivity contribution in [2.24, 2.45) is 0 Å². The number of benzene rings is 3. The molecule has 3 aromatic carbocycles. The van der Waals surface area contributed by atoms with Crippen LogP contribution < -0.4 is 5.43 Å². The predicted octanol–water partition coefficient (Wildman–Crippen LogP) is 3.46. The second-order valence-corrected chi connectivity index (χ2v) is 9.64. The molecule has 1 aliphatic heterocycles. The molecular formula is C23H20ClN3O5S. The van der Waals surface area contributed by atoms with Gasteiger partial charge in [-0.15, -0.1) is 0 Å². The highest BCUT2D eigenvalue weighted by molar-refractivity contribution is 7.89. The number of carbonyl (C=O) groups is 3.